The van der Waals surface area contributed by atoms with Crippen molar-refractivity contribution >= 4 is 17.4 Å². The average Bonchev–Trinajstić information content (AvgIpc) is 2.92. The van der Waals surface area contributed by atoms with Crippen molar-refractivity contribution in [3.05, 3.63) is 113 Å². The van der Waals surface area contributed by atoms with Gasteiger partial charge in [-0.15, -0.1) is 0 Å². The topological polar surface area (TPSA) is 76.7 Å². The van der Waals surface area contributed by atoms with Crippen molar-refractivity contribution < 1.29 is 19.1 Å². The smallest absolute Gasteiger partial charge is 0.254 e. The van der Waals surface area contributed by atoms with Crippen LogP contribution < -0.4 is 20.1 Å². The Hall–Kier alpha value is -4.32. The van der Waals surface area contributed by atoms with Crippen LogP contribution >= 0.6 is 0 Å². The van der Waals surface area contributed by atoms with E-state index in [4.69, 9.17) is 9.47 Å². The summed E-state index contributed by atoms with van der Waals surface area (Å²) < 4.78 is 11.3. The van der Waals surface area contributed by atoms with Gasteiger partial charge in [-0.3, -0.25) is 9.59 Å². The van der Waals surface area contributed by atoms with E-state index in [1.165, 1.54) is 0 Å². The van der Waals surface area contributed by atoms with Gasteiger partial charge in [0.05, 0.1) is 7.11 Å². The van der Waals surface area contributed by atoms with Crippen LogP contribution in [0.15, 0.2) is 101 Å². The van der Waals surface area contributed by atoms with E-state index in [0.29, 0.717) is 41.4 Å². The van der Waals surface area contributed by atoms with Gasteiger partial charge in [0.1, 0.15) is 18.1 Å². The number of rotatable bonds is 7. The van der Waals surface area contributed by atoms with Gasteiger partial charge in [-0.1, -0.05) is 42.5 Å². The van der Waals surface area contributed by atoms with E-state index in [0.717, 1.165) is 35.4 Å². The number of ether oxygens (including phenoxy) is 2. The number of hydrogen-bond donors (Lipinski definition) is 2. The fraction of sp³-hybridized carbons (Fsp3) is 0.226. The van der Waals surface area contributed by atoms with E-state index in [9.17, 15) is 9.59 Å². The minimum atomic E-state index is -0.484. The number of hydrogen-bond acceptors (Lipinski definition) is 5. The van der Waals surface area contributed by atoms with Crippen molar-refractivity contribution in [2.45, 2.75) is 38.7 Å². The van der Waals surface area contributed by atoms with Gasteiger partial charge in [-0.25, -0.2) is 0 Å². The lowest BCUT2D eigenvalue weighted by Gasteiger charge is -2.34. The third-order valence-corrected chi connectivity index (χ3v) is 6.81. The van der Waals surface area contributed by atoms with Gasteiger partial charge >= 0.3 is 0 Å². The molecule has 3 aromatic rings. The summed E-state index contributed by atoms with van der Waals surface area (Å²) in [5, 5.41) is 6.38. The number of nitrogens with one attached hydrogen (secondary N) is 2. The zero-order valence-corrected chi connectivity index (χ0v) is 21.0. The standard InChI is InChI=1S/C31H30N2O4/c1-20-28(31(35)33-23-14-16-24(36-2)17-15-23)29(30-26(32-20)12-7-13-27(30)34)22-10-6-11-25(18-22)37-19-21-8-4-3-5-9-21/h3-6,8-11,14-18,29,32H,7,12-13,19H2,1-2H3,(H,33,35). The quantitative estimate of drug-likeness (QED) is 0.429. The molecular weight excluding hydrogens is 464 g/mol. The second-order valence-corrected chi connectivity index (χ2v) is 9.30. The number of ketones is 1. The van der Waals surface area contributed by atoms with Gasteiger partial charge in [-0.05, 0) is 67.3 Å². The molecule has 1 unspecified atom stereocenters. The van der Waals surface area contributed by atoms with E-state index >= 15 is 0 Å². The van der Waals surface area contributed by atoms with Crippen LogP contribution in [0.25, 0.3) is 0 Å². The molecule has 1 amide bonds. The molecule has 0 saturated heterocycles. The Bertz CT molecular complexity index is 1370. The molecule has 37 heavy (non-hydrogen) atoms. The monoisotopic (exact) mass is 494 g/mol. The van der Waals surface area contributed by atoms with Crippen molar-refractivity contribution in [1.29, 1.82) is 0 Å². The summed E-state index contributed by atoms with van der Waals surface area (Å²) in [5.41, 5.74) is 5.45. The molecule has 0 spiro atoms. The lowest BCUT2D eigenvalue weighted by Crippen LogP contribution is -2.35. The van der Waals surface area contributed by atoms with Crippen LogP contribution in [-0.4, -0.2) is 18.8 Å². The van der Waals surface area contributed by atoms with Gasteiger partial charge in [0.2, 0.25) is 0 Å². The molecule has 6 nitrogen and oxygen atoms in total. The maximum Gasteiger partial charge on any atom is 0.254 e. The summed E-state index contributed by atoms with van der Waals surface area (Å²) in [6.07, 6.45) is 2.07. The van der Waals surface area contributed by atoms with Crippen molar-refractivity contribution in [2.24, 2.45) is 0 Å². The fourth-order valence-corrected chi connectivity index (χ4v) is 5.02. The number of methoxy groups -OCH3 is 1. The van der Waals surface area contributed by atoms with Gasteiger partial charge < -0.3 is 20.1 Å². The number of allylic oxidation sites excluding steroid dienone is 3. The third kappa shape index (κ3) is 5.28. The zero-order chi connectivity index (χ0) is 25.8. The number of dihydropyridines is 1. The molecule has 0 bridgehead atoms. The summed E-state index contributed by atoms with van der Waals surface area (Å²) in [7, 11) is 1.60. The van der Waals surface area contributed by atoms with Crippen LogP contribution in [0.4, 0.5) is 5.69 Å². The zero-order valence-electron chi connectivity index (χ0n) is 21.0. The maximum absolute atomic E-state index is 13.7. The molecule has 188 valence electrons. The highest BCUT2D eigenvalue weighted by Gasteiger charge is 2.38. The highest BCUT2D eigenvalue weighted by Crippen LogP contribution is 2.43. The van der Waals surface area contributed by atoms with Gasteiger partial charge in [0.15, 0.2) is 5.78 Å². The molecule has 0 radical (unpaired) electrons. The third-order valence-electron chi connectivity index (χ3n) is 6.81. The first-order valence-corrected chi connectivity index (χ1v) is 12.5. The van der Waals surface area contributed by atoms with Crippen molar-refractivity contribution in [3.8, 4) is 11.5 Å². The number of carbonyl (C=O) groups excluding carboxylic acids is 2. The first-order valence-electron chi connectivity index (χ1n) is 12.5. The maximum atomic E-state index is 13.7. The van der Waals surface area contributed by atoms with Crippen molar-refractivity contribution in [1.82, 2.24) is 5.32 Å². The van der Waals surface area contributed by atoms with E-state index in [2.05, 4.69) is 10.6 Å². The van der Waals surface area contributed by atoms with Gasteiger partial charge in [-0.2, -0.15) is 0 Å². The largest absolute Gasteiger partial charge is 0.497 e. The lowest BCUT2D eigenvalue weighted by atomic mass is 9.75. The van der Waals surface area contributed by atoms with E-state index < -0.39 is 5.92 Å². The molecule has 1 aliphatic carbocycles. The van der Waals surface area contributed by atoms with Gasteiger partial charge in [0, 0.05) is 40.6 Å². The fourth-order valence-electron chi connectivity index (χ4n) is 5.02. The second-order valence-electron chi connectivity index (χ2n) is 9.30. The summed E-state index contributed by atoms with van der Waals surface area (Å²) in [4.78, 5) is 26.9. The molecule has 5 rings (SSSR count). The first kappa shape index (κ1) is 24.4. The van der Waals surface area contributed by atoms with E-state index in [1.54, 1.807) is 31.4 Å². The van der Waals surface area contributed by atoms with Gasteiger partial charge in [0.25, 0.3) is 5.91 Å². The Balaban J connectivity index is 1.48. The molecule has 1 atom stereocenters. The van der Waals surface area contributed by atoms with E-state index in [1.807, 2.05) is 61.5 Å². The summed E-state index contributed by atoms with van der Waals surface area (Å²) in [5.74, 6) is 0.748. The van der Waals surface area contributed by atoms with Crippen LogP contribution in [0.2, 0.25) is 0 Å². The molecule has 0 fully saturated rings. The molecule has 6 heteroatoms. The predicted octanol–water partition coefficient (Wildman–Crippen LogP) is 5.88. The van der Waals surface area contributed by atoms with Crippen LogP contribution in [0, 0.1) is 0 Å². The summed E-state index contributed by atoms with van der Waals surface area (Å²) >= 11 is 0. The molecule has 0 aromatic heterocycles. The van der Waals surface area contributed by atoms with Crippen LogP contribution in [0.5, 0.6) is 11.5 Å². The summed E-state index contributed by atoms with van der Waals surface area (Å²) in [6.45, 7) is 2.33. The van der Waals surface area contributed by atoms with E-state index in [-0.39, 0.29) is 11.7 Å². The molecule has 0 saturated carbocycles. The number of anilines is 1. The predicted molar refractivity (Wildman–Crippen MR) is 143 cm³/mol. The minimum Gasteiger partial charge on any atom is -0.497 e. The lowest BCUT2D eigenvalue weighted by molar-refractivity contribution is -0.116. The first-order chi connectivity index (χ1) is 18.0. The average molecular weight is 495 g/mol. The number of amides is 1. The minimum absolute atomic E-state index is 0.0802. The number of carbonyl (C=O) groups is 2. The Morgan fingerprint density at radius 3 is 2.51 bits per heavy atom. The Labute approximate surface area is 217 Å². The number of benzene rings is 3. The van der Waals surface area contributed by atoms with Crippen molar-refractivity contribution in [2.75, 3.05) is 12.4 Å². The molecule has 3 aromatic carbocycles. The van der Waals surface area contributed by atoms with Crippen molar-refractivity contribution in [3.63, 3.8) is 0 Å². The molecule has 2 N–H and O–H groups in total. The molecule has 1 heterocycles. The molecule has 1 aliphatic heterocycles. The molecule has 2 aliphatic rings. The Morgan fingerprint density at radius 1 is 0.973 bits per heavy atom. The van der Waals surface area contributed by atoms with Crippen LogP contribution in [-0.2, 0) is 16.2 Å². The highest BCUT2D eigenvalue weighted by molar-refractivity contribution is 6.09. The Kier molecular flexibility index (Phi) is 7.08. The summed E-state index contributed by atoms with van der Waals surface area (Å²) in [6, 6.07) is 24.9. The SMILES string of the molecule is COc1ccc(NC(=O)C2=C(C)NC3=C(C(=O)CCC3)C2c2cccc(OCc3ccccc3)c2)cc1. The van der Waals surface area contributed by atoms with Crippen LogP contribution in [0.1, 0.15) is 43.2 Å². The highest BCUT2D eigenvalue weighted by atomic mass is 16.5. The second kappa shape index (κ2) is 10.7. The molecular formula is C31H30N2O4. The normalized spacial score (nSPS) is 17.1. The Morgan fingerprint density at radius 2 is 1.76 bits per heavy atom. The number of Topliss-reactive ketones (excluding diaryl/α,β-unsaturated/α-hetero) is 1. The van der Waals surface area contributed by atoms with Crippen LogP contribution in [0.3, 0.4) is 0 Å².